The van der Waals surface area contributed by atoms with E-state index < -0.39 is 5.97 Å². The maximum absolute atomic E-state index is 10.7. The molecule has 0 radical (unpaired) electrons. The fraction of sp³-hybridized carbons (Fsp3) is 0.111. The number of benzene rings is 1. The number of rotatable bonds is 1. The molecule has 1 N–H and O–H groups in total. The predicted octanol–water partition coefficient (Wildman–Crippen LogP) is 1.95. The fourth-order valence-electron chi connectivity index (χ4n) is 0.887. The van der Waals surface area contributed by atoms with Gasteiger partial charge in [0.25, 0.3) is 0 Å². The number of nitriles is 1. The van der Waals surface area contributed by atoms with Crippen LogP contribution < -0.4 is 4.74 Å². The van der Waals surface area contributed by atoms with E-state index in [4.69, 9.17) is 10.00 Å². The van der Waals surface area contributed by atoms with Crippen LogP contribution in [0.25, 0.3) is 0 Å². The summed E-state index contributed by atoms with van der Waals surface area (Å²) in [5.41, 5.74) is 0.0451. The van der Waals surface area contributed by atoms with Crippen molar-refractivity contribution in [3.8, 4) is 17.6 Å². The lowest BCUT2D eigenvalue weighted by molar-refractivity contribution is -0.131. The second-order valence-corrected chi connectivity index (χ2v) is 3.27. The monoisotopic (exact) mass is 255 g/mol. The highest BCUT2D eigenvalue weighted by Crippen LogP contribution is 2.33. The Balaban J connectivity index is 3.23. The third-order valence-electron chi connectivity index (χ3n) is 1.45. The smallest absolute Gasteiger partial charge is 0.308 e. The largest absolute Gasteiger partial charge is 0.507 e. The second kappa shape index (κ2) is 4.11. The van der Waals surface area contributed by atoms with E-state index in [1.807, 2.05) is 0 Å². The van der Waals surface area contributed by atoms with Crippen molar-refractivity contribution in [2.45, 2.75) is 6.92 Å². The van der Waals surface area contributed by atoms with Crippen LogP contribution in [0.15, 0.2) is 16.6 Å². The zero-order valence-corrected chi connectivity index (χ0v) is 8.83. The van der Waals surface area contributed by atoms with Crippen LogP contribution in [0.4, 0.5) is 0 Å². The summed E-state index contributed by atoms with van der Waals surface area (Å²) in [6.07, 6.45) is 0. The molecule has 1 aromatic rings. The highest BCUT2D eigenvalue weighted by Gasteiger charge is 2.12. The molecule has 0 bridgehead atoms. The molecule has 4 nitrogen and oxygen atoms in total. The number of phenols is 1. The van der Waals surface area contributed by atoms with Gasteiger partial charge in [0.05, 0.1) is 4.47 Å². The van der Waals surface area contributed by atoms with E-state index in [0.29, 0.717) is 0 Å². The van der Waals surface area contributed by atoms with Crippen LogP contribution in [0, 0.1) is 11.3 Å². The number of nitrogens with zero attached hydrogens (tertiary/aromatic N) is 1. The van der Waals surface area contributed by atoms with Gasteiger partial charge in [0.15, 0.2) is 0 Å². The van der Waals surface area contributed by atoms with Gasteiger partial charge in [-0.25, -0.2) is 0 Å². The van der Waals surface area contributed by atoms with Crippen LogP contribution in [0.2, 0.25) is 0 Å². The van der Waals surface area contributed by atoms with Crippen molar-refractivity contribution in [2.75, 3.05) is 0 Å². The van der Waals surface area contributed by atoms with E-state index in [1.54, 1.807) is 6.07 Å². The average molecular weight is 256 g/mol. The molecule has 0 atom stereocenters. The van der Waals surface area contributed by atoms with Gasteiger partial charge in [-0.1, -0.05) is 0 Å². The Hall–Kier alpha value is -1.54. The van der Waals surface area contributed by atoms with Gasteiger partial charge >= 0.3 is 5.97 Å². The number of carbonyl (C=O) groups excluding carboxylic acids is 1. The van der Waals surface area contributed by atoms with Crippen LogP contribution in [-0.2, 0) is 4.79 Å². The van der Waals surface area contributed by atoms with Gasteiger partial charge in [-0.15, -0.1) is 0 Å². The Morgan fingerprint density at radius 2 is 2.29 bits per heavy atom. The Morgan fingerprint density at radius 3 is 2.79 bits per heavy atom. The Bertz CT molecular complexity index is 423. The van der Waals surface area contributed by atoms with Crippen LogP contribution in [0.1, 0.15) is 12.5 Å². The molecule has 1 rings (SSSR count). The van der Waals surface area contributed by atoms with Crippen LogP contribution in [-0.4, -0.2) is 11.1 Å². The Kier molecular flexibility index (Phi) is 3.10. The molecule has 0 aromatic heterocycles. The lowest BCUT2D eigenvalue weighted by Crippen LogP contribution is -2.02. The van der Waals surface area contributed by atoms with Gasteiger partial charge in [-0.3, -0.25) is 4.79 Å². The van der Waals surface area contributed by atoms with E-state index >= 15 is 0 Å². The second-order valence-electron chi connectivity index (χ2n) is 2.48. The summed E-state index contributed by atoms with van der Waals surface area (Å²) in [6.45, 7) is 1.26. The normalized spacial score (nSPS) is 9.21. The first kappa shape index (κ1) is 10.5. The molecule has 0 aliphatic heterocycles. The molecule has 0 aliphatic carbocycles. The summed E-state index contributed by atoms with van der Waals surface area (Å²) in [7, 11) is 0. The first-order valence-electron chi connectivity index (χ1n) is 3.66. The summed E-state index contributed by atoms with van der Waals surface area (Å²) in [4.78, 5) is 10.7. The molecule has 0 unspecified atom stereocenters. The molecule has 5 heteroatoms. The van der Waals surface area contributed by atoms with Gasteiger partial charge in [0.2, 0.25) is 0 Å². The van der Waals surface area contributed by atoms with Crippen molar-refractivity contribution < 1.29 is 14.6 Å². The standard InChI is InChI=1S/C9H6BrNO3/c1-5(12)14-8-3-2-7(13)6(4-11)9(8)10/h2-3,13H,1H3. The molecule has 14 heavy (non-hydrogen) atoms. The number of halogens is 1. The molecule has 1 aromatic carbocycles. The minimum atomic E-state index is -0.486. The summed E-state index contributed by atoms with van der Waals surface area (Å²) >= 11 is 3.06. The molecular weight excluding hydrogens is 250 g/mol. The molecule has 0 amide bonds. The van der Waals surface area contributed by atoms with Crippen molar-refractivity contribution in [1.82, 2.24) is 0 Å². The van der Waals surface area contributed by atoms with Crippen LogP contribution in [0.5, 0.6) is 11.5 Å². The zero-order valence-electron chi connectivity index (χ0n) is 7.24. The van der Waals surface area contributed by atoms with Crippen molar-refractivity contribution in [2.24, 2.45) is 0 Å². The minimum Gasteiger partial charge on any atom is -0.507 e. The van der Waals surface area contributed by atoms with Crippen LogP contribution >= 0.6 is 15.9 Å². The van der Waals surface area contributed by atoms with E-state index in [9.17, 15) is 9.90 Å². The van der Waals surface area contributed by atoms with Gasteiger partial charge in [0, 0.05) is 6.92 Å². The first-order chi connectivity index (χ1) is 6.56. The first-order valence-corrected chi connectivity index (χ1v) is 4.45. The Labute approximate surface area is 88.9 Å². The summed E-state index contributed by atoms with van der Waals surface area (Å²) in [5.74, 6) is -0.428. The summed E-state index contributed by atoms with van der Waals surface area (Å²) in [6, 6.07) is 4.49. The number of hydrogen-bond donors (Lipinski definition) is 1. The number of aromatic hydroxyl groups is 1. The van der Waals surface area contributed by atoms with Crippen LogP contribution in [0.3, 0.4) is 0 Å². The molecule has 72 valence electrons. The van der Waals surface area contributed by atoms with Gasteiger partial charge in [0.1, 0.15) is 23.1 Å². The van der Waals surface area contributed by atoms with E-state index in [1.165, 1.54) is 19.1 Å². The molecule has 0 spiro atoms. The van der Waals surface area contributed by atoms with Crippen molar-refractivity contribution >= 4 is 21.9 Å². The maximum atomic E-state index is 10.7. The van der Waals surface area contributed by atoms with Crippen molar-refractivity contribution in [3.05, 3.63) is 22.2 Å². The topological polar surface area (TPSA) is 70.3 Å². The molecule has 0 heterocycles. The van der Waals surface area contributed by atoms with Crippen molar-refractivity contribution in [3.63, 3.8) is 0 Å². The lowest BCUT2D eigenvalue weighted by atomic mass is 10.2. The average Bonchev–Trinajstić information content (AvgIpc) is 2.10. The molecule has 0 saturated carbocycles. The number of ether oxygens (including phenoxy) is 1. The molecule has 0 aliphatic rings. The molecule has 0 fully saturated rings. The molecular formula is C9H6BrNO3. The SMILES string of the molecule is CC(=O)Oc1ccc(O)c(C#N)c1Br. The highest BCUT2D eigenvalue weighted by atomic mass is 79.9. The van der Waals surface area contributed by atoms with Gasteiger partial charge < -0.3 is 9.84 Å². The Morgan fingerprint density at radius 1 is 1.64 bits per heavy atom. The lowest BCUT2D eigenvalue weighted by Gasteiger charge is -2.05. The molecule has 0 saturated heterocycles. The zero-order chi connectivity index (χ0) is 10.7. The van der Waals surface area contributed by atoms with E-state index in [2.05, 4.69) is 15.9 Å². The number of esters is 1. The number of carbonyl (C=O) groups is 1. The van der Waals surface area contributed by atoms with E-state index in [0.717, 1.165) is 0 Å². The fourth-order valence-corrected chi connectivity index (χ4v) is 1.39. The number of phenolic OH excluding ortho intramolecular Hbond substituents is 1. The third kappa shape index (κ3) is 2.03. The summed E-state index contributed by atoms with van der Waals surface area (Å²) < 4.78 is 5.07. The van der Waals surface area contributed by atoms with Gasteiger partial charge in [-0.2, -0.15) is 5.26 Å². The summed E-state index contributed by atoms with van der Waals surface area (Å²) in [5, 5.41) is 17.9. The van der Waals surface area contributed by atoms with E-state index in [-0.39, 0.29) is 21.5 Å². The highest BCUT2D eigenvalue weighted by molar-refractivity contribution is 9.10. The van der Waals surface area contributed by atoms with Crippen molar-refractivity contribution in [1.29, 1.82) is 5.26 Å². The maximum Gasteiger partial charge on any atom is 0.308 e. The third-order valence-corrected chi connectivity index (χ3v) is 2.24. The number of hydrogen-bond acceptors (Lipinski definition) is 4. The predicted molar refractivity (Wildman–Crippen MR) is 51.8 cm³/mol. The van der Waals surface area contributed by atoms with Gasteiger partial charge in [-0.05, 0) is 28.1 Å². The minimum absolute atomic E-state index is 0.0451. The quantitative estimate of drug-likeness (QED) is 0.615.